The minimum atomic E-state index is 0.415. The molecule has 3 aliphatic rings. The maximum Gasteiger partial charge on any atom is 0.222 e. The van der Waals surface area contributed by atoms with Crippen molar-refractivity contribution in [3.63, 3.8) is 0 Å². The number of carbonyl (C=O) groups excluding carboxylic acids is 1. The summed E-state index contributed by atoms with van der Waals surface area (Å²) in [7, 11) is 0. The number of fused-ring (bicyclic) bond motifs is 2. The van der Waals surface area contributed by atoms with Gasteiger partial charge in [-0.3, -0.25) is 19.7 Å². The summed E-state index contributed by atoms with van der Waals surface area (Å²) in [4.78, 5) is 26.4. The predicted molar refractivity (Wildman–Crippen MR) is 114 cm³/mol. The van der Waals surface area contributed by atoms with Gasteiger partial charge in [0, 0.05) is 51.0 Å². The van der Waals surface area contributed by atoms with Crippen molar-refractivity contribution in [3.05, 3.63) is 36.2 Å². The van der Waals surface area contributed by atoms with Gasteiger partial charge >= 0.3 is 0 Å². The molecule has 5 rings (SSSR count). The number of likely N-dealkylation sites (tertiary alicyclic amines) is 2. The van der Waals surface area contributed by atoms with Crippen LogP contribution >= 0.6 is 0 Å². The highest BCUT2D eigenvalue weighted by Crippen LogP contribution is 2.34. The molecule has 2 aromatic rings. The molecule has 5 nitrogen and oxygen atoms in total. The Bertz CT molecular complexity index is 863. The van der Waals surface area contributed by atoms with Crippen LogP contribution in [0.4, 0.5) is 0 Å². The van der Waals surface area contributed by atoms with Gasteiger partial charge in [-0.15, -0.1) is 0 Å². The molecule has 3 heterocycles. The standard InChI is InChI=1S/C24H32N4O/c29-24-9-7-20-17-27(15-19-6-8-21-22(14-19)26-12-11-25-21)13-10-23(20)28(24)16-18-4-2-1-3-5-18/h6,8,11-12,14,18,20,23H,1-5,7,9-10,13,15-17H2/t20-,23+/m1/s1. The predicted octanol–water partition coefficient (Wildman–Crippen LogP) is 4.02. The maximum absolute atomic E-state index is 12.7. The van der Waals surface area contributed by atoms with E-state index in [9.17, 15) is 4.79 Å². The average Bonchev–Trinajstić information content (AvgIpc) is 2.76. The molecular formula is C24H32N4O. The third kappa shape index (κ3) is 4.16. The van der Waals surface area contributed by atoms with E-state index in [-0.39, 0.29) is 0 Å². The Balaban J connectivity index is 1.23. The van der Waals surface area contributed by atoms with Crippen LogP contribution in [0.15, 0.2) is 30.6 Å². The Kier molecular flexibility index (Phi) is 5.49. The summed E-state index contributed by atoms with van der Waals surface area (Å²) in [5.74, 6) is 1.78. The van der Waals surface area contributed by atoms with Crippen LogP contribution in [0, 0.1) is 11.8 Å². The normalized spacial score (nSPS) is 26.6. The van der Waals surface area contributed by atoms with Crippen molar-refractivity contribution in [1.82, 2.24) is 19.8 Å². The van der Waals surface area contributed by atoms with E-state index in [0.717, 1.165) is 62.4 Å². The third-order valence-corrected chi connectivity index (χ3v) is 7.35. The molecule has 1 aliphatic carbocycles. The Morgan fingerprint density at radius 1 is 0.966 bits per heavy atom. The number of rotatable bonds is 4. The lowest BCUT2D eigenvalue weighted by Gasteiger charge is -2.48. The first-order valence-electron chi connectivity index (χ1n) is 11.5. The fourth-order valence-corrected chi connectivity index (χ4v) is 5.82. The Morgan fingerprint density at radius 2 is 1.79 bits per heavy atom. The van der Waals surface area contributed by atoms with E-state index in [1.807, 2.05) is 0 Å². The molecule has 0 bridgehead atoms. The number of benzene rings is 1. The Hall–Kier alpha value is -2.01. The molecule has 5 heteroatoms. The Labute approximate surface area is 173 Å². The van der Waals surface area contributed by atoms with Gasteiger partial charge in [-0.05, 0) is 55.2 Å². The highest BCUT2D eigenvalue weighted by Gasteiger charge is 2.39. The average molecular weight is 393 g/mol. The van der Waals surface area contributed by atoms with Crippen molar-refractivity contribution < 1.29 is 4.79 Å². The minimum absolute atomic E-state index is 0.415. The quantitative estimate of drug-likeness (QED) is 0.788. The molecular weight excluding hydrogens is 360 g/mol. The van der Waals surface area contributed by atoms with Crippen LogP contribution < -0.4 is 0 Å². The summed E-state index contributed by atoms with van der Waals surface area (Å²) < 4.78 is 0. The monoisotopic (exact) mass is 392 g/mol. The van der Waals surface area contributed by atoms with E-state index in [2.05, 4.69) is 38.0 Å². The van der Waals surface area contributed by atoms with E-state index >= 15 is 0 Å². The van der Waals surface area contributed by atoms with Gasteiger partial charge in [0.05, 0.1) is 11.0 Å². The molecule has 0 unspecified atom stereocenters. The molecule has 0 radical (unpaired) electrons. The molecule has 154 valence electrons. The van der Waals surface area contributed by atoms with Crippen LogP contribution in [0.1, 0.15) is 56.9 Å². The topological polar surface area (TPSA) is 49.3 Å². The van der Waals surface area contributed by atoms with Gasteiger partial charge in [0.15, 0.2) is 0 Å². The fraction of sp³-hybridized carbons (Fsp3) is 0.625. The van der Waals surface area contributed by atoms with Crippen molar-refractivity contribution in [2.24, 2.45) is 11.8 Å². The van der Waals surface area contributed by atoms with E-state index in [1.165, 1.54) is 37.7 Å². The number of amides is 1. The largest absolute Gasteiger partial charge is 0.339 e. The molecule has 1 amide bonds. The third-order valence-electron chi connectivity index (χ3n) is 7.35. The van der Waals surface area contributed by atoms with Gasteiger partial charge in [-0.1, -0.05) is 25.3 Å². The second-order valence-corrected chi connectivity index (χ2v) is 9.32. The SMILES string of the molecule is O=C1CC[C@@H]2CN(Cc3ccc4nccnc4c3)CC[C@@H]2N1CC1CCCCC1. The fourth-order valence-electron chi connectivity index (χ4n) is 5.82. The molecule has 1 aromatic heterocycles. The van der Waals surface area contributed by atoms with Gasteiger partial charge in [0.25, 0.3) is 0 Å². The van der Waals surface area contributed by atoms with Crippen LogP contribution in [-0.2, 0) is 11.3 Å². The summed E-state index contributed by atoms with van der Waals surface area (Å²) in [5, 5.41) is 0. The lowest BCUT2D eigenvalue weighted by molar-refractivity contribution is -0.142. The number of aromatic nitrogens is 2. The first-order valence-corrected chi connectivity index (χ1v) is 11.5. The Morgan fingerprint density at radius 3 is 2.66 bits per heavy atom. The molecule has 3 fully saturated rings. The summed E-state index contributed by atoms with van der Waals surface area (Å²) in [6.45, 7) is 4.17. The van der Waals surface area contributed by atoms with Crippen molar-refractivity contribution in [3.8, 4) is 0 Å². The number of hydrogen-bond donors (Lipinski definition) is 0. The smallest absolute Gasteiger partial charge is 0.222 e. The first kappa shape index (κ1) is 19.0. The summed E-state index contributed by atoms with van der Waals surface area (Å²) in [6, 6.07) is 6.91. The molecule has 2 saturated heterocycles. The van der Waals surface area contributed by atoms with E-state index in [1.54, 1.807) is 12.4 Å². The molecule has 1 aromatic carbocycles. The summed E-state index contributed by atoms with van der Waals surface area (Å²) in [6.07, 6.45) is 13.2. The van der Waals surface area contributed by atoms with Crippen molar-refractivity contribution >= 4 is 16.9 Å². The molecule has 2 aliphatic heterocycles. The second kappa shape index (κ2) is 8.39. The van der Waals surface area contributed by atoms with Crippen molar-refractivity contribution in [2.75, 3.05) is 19.6 Å². The van der Waals surface area contributed by atoms with Crippen LogP contribution in [0.25, 0.3) is 11.0 Å². The van der Waals surface area contributed by atoms with E-state index < -0.39 is 0 Å². The zero-order valence-corrected chi connectivity index (χ0v) is 17.3. The van der Waals surface area contributed by atoms with Crippen LogP contribution in [0.2, 0.25) is 0 Å². The van der Waals surface area contributed by atoms with Gasteiger partial charge in [0.1, 0.15) is 0 Å². The van der Waals surface area contributed by atoms with Crippen LogP contribution in [0.5, 0.6) is 0 Å². The molecule has 0 N–H and O–H groups in total. The number of nitrogens with zero attached hydrogens (tertiary/aromatic N) is 4. The van der Waals surface area contributed by atoms with Gasteiger partial charge in [-0.2, -0.15) is 0 Å². The molecule has 1 saturated carbocycles. The van der Waals surface area contributed by atoms with Gasteiger partial charge in [-0.25, -0.2) is 0 Å². The van der Waals surface area contributed by atoms with E-state index in [0.29, 0.717) is 17.9 Å². The van der Waals surface area contributed by atoms with Crippen molar-refractivity contribution in [1.29, 1.82) is 0 Å². The maximum atomic E-state index is 12.7. The number of hydrogen-bond acceptors (Lipinski definition) is 4. The minimum Gasteiger partial charge on any atom is -0.339 e. The highest BCUT2D eigenvalue weighted by atomic mass is 16.2. The van der Waals surface area contributed by atoms with Gasteiger partial charge in [0.2, 0.25) is 5.91 Å². The molecule has 2 atom stereocenters. The van der Waals surface area contributed by atoms with Crippen LogP contribution in [-0.4, -0.2) is 51.4 Å². The van der Waals surface area contributed by atoms with E-state index in [4.69, 9.17) is 0 Å². The molecule has 29 heavy (non-hydrogen) atoms. The molecule has 0 spiro atoms. The number of piperidine rings is 2. The second-order valence-electron chi connectivity index (χ2n) is 9.32. The summed E-state index contributed by atoms with van der Waals surface area (Å²) in [5.41, 5.74) is 3.24. The lowest BCUT2D eigenvalue weighted by atomic mass is 9.81. The first-order chi connectivity index (χ1) is 14.3. The lowest BCUT2D eigenvalue weighted by Crippen LogP contribution is -2.56. The number of carbonyl (C=O) groups is 1. The highest BCUT2D eigenvalue weighted by molar-refractivity contribution is 5.77. The van der Waals surface area contributed by atoms with Gasteiger partial charge < -0.3 is 4.90 Å². The van der Waals surface area contributed by atoms with Crippen LogP contribution in [0.3, 0.4) is 0 Å². The zero-order valence-electron chi connectivity index (χ0n) is 17.3. The van der Waals surface area contributed by atoms with Crippen molar-refractivity contribution in [2.45, 2.75) is 64.0 Å². The summed E-state index contributed by atoms with van der Waals surface area (Å²) >= 11 is 0. The zero-order chi connectivity index (χ0) is 19.6.